The standard InChI is InChI=1S/C24H21F2NO4/c1-24(30,14-31-20-12-6-17(26)7-13-20)21-22(15-2-10-19(28)11-3-15)27(23(21)29)18-8-4-16(25)5-9-18/h2-13,21-22,28,30H,14H2,1H3/t21-,22-,24-/m1/s1. The van der Waals surface area contributed by atoms with Gasteiger partial charge in [-0.3, -0.25) is 4.79 Å². The minimum Gasteiger partial charge on any atom is -0.508 e. The van der Waals surface area contributed by atoms with Crippen molar-refractivity contribution in [2.24, 2.45) is 5.92 Å². The first-order chi connectivity index (χ1) is 14.8. The molecule has 5 nitrogen and oxygen atoms in total. The highest BCUT2D eigenvalue weighted by Crippen LogP contribution is 2.48. The van der Waals surface area contributed by atoms with Crippen LogP contribution in [0, 0.1) is 17.6 Å². The zero-order valence-corrected chi connectivity index (χ0v) is 16.7. The number of anilines is 1. The lowest BCUT2D eigenvalue weighted by molar-refractivity contribution is -0.147. The molecule has 0 unspecified atom stereocenters. The van der Waals surface area contributed by atoms with Crippen molar-refractivity contribution in [3.63, 3.8) is 0 Å². The van der Waals surface area contributed by atoms with E-state index in [0.29, 0.717) is 17.0 Å². The number of β-lactam (4-membered cyclic amide) rings is 1. The van der Waals surface area contributed by atoms with Crippen LogP contribution in [-0.2, 0) is 4.79 Å². The molecule has 0 aromatic heterocycles. The van der Waals surface area contributed by atoms with Gasteiger partial charge in [-0.15, -0.1) is 0 Å². The van der Waals surface area contributed by atoms with Gasteiger partial charge in [0.15, 0.2) is 0 Å². The number of nitrogens with zero attached hydrogens (tertiary/aromatic N) is 1. The number of halogens is 2. The number of amides is 1. The van der Waals surface area contributed by atoms with Gasteiger partial charge < -0.3 is 19.8 Å². The van der Waals surface area contributed by atoms with Crippen LogP contribution in [0.2, 0.25) is 0 Å². The summed E-state index contributed by atoms with van der Waals surface area (Å²) in [5.74, 6) is -1.57. The Morgan fingerprint density at radius 3 is 2.06 bits per heavy atom. The maximum Gasteiger partial charge on any atom is 0.236 e. The van der Waals surface area contributed by atoms with Crippen molar-refractivity contribution in [3.05, 3.63) is 90.0 Å². The average molecular weight is 425 g/mol. The molecule has 0 radical (unpaired) electrons. The minimum absolute atomic E-state index is 0.0747. The fraction of sp³-hybridized carbons (Fsp3) is 0.208. The quantitative estimate of drug-likeness (QED) is 0.581. The zero-order chi connectivity index (χ0) is 22.2. The lowest BCUT2D eigenvalue weighted by atomic mass is 9.72. The van der Waals surface area contributed by atoms with Gasteiger partial charge in [-0.2, -0.15) is 0 Å². The Morgan fingerprint density at radius 1 is 0.935 bits per heavy atom. The van der Waals surface area contributed by atoms with Crippen LogP contribution in [-0.4, -0.2) is 28.3 Å². The number of aromatic hydroxyl groups is 1. The van der Waals surface area contributed by atoms with E-state index in [1.807, 2.05) is 0 Å². The number of hydrogen-bond acceptors (Lipinski definition) is 4. The normalized spacial score (nSPS) is 20.1. The van der Waals surface area contributed by atoms with Crippen molar-refractivity contribution in [2.45, 2.75) is 18.6 Å². The number of benzene rings is 3. The zero-order valence-electron chi connectivity index (χ0n) is 16.7. The summed E-state index contributed by atoms with van der Waals surface area (Å²) in [5, 5.41) is 20.8. The minimum atomic E-state index is -1.55. The number of aliphatic hydroxyl groups is 1. The third kappa shape index (κ3) is 4.09. The highest BCUT2D eigenvalue weighted by molar-refractivity contribution is 6.04. The van der Waals surface area contributed by atoms with E-state index in [1.165, 1.54) is 72.5 Å². The van der Waals surface area contributed by atoms with E-state index in [9.17, 15) is 23.8 Å². The molecule has 1 fully saturated rings. The predicted molar refractivity (Wildman–Crippen MR) is 111 cm³/mol. The fourth-order valence-electron chi connectivity index (χ4n) is 3.85. The molecule has 1 saturated heterocycles. The van der Waals surface area contributed by atoms with E-state index in [2.05, 4.69) is 0 Å². The van der Waals surface area contributed by atoms with Gasteiger partial charge in [-0.05, 0) is 73.2 Å². The van der Waals surface area contributed by atoms with Crippen molar-refractivity contribution in [2.75, 3.05) is 11.5 Å². The van der Waals surface area contributed by atoms with Gasteiger partial charge >= 0.3 is 0 Å². The second-order valence-electron chi connectivity index (χ2n) is 7.80. The number of carbonyl (C=O) groups excluding carboxylic acids is 1. The van der Waals surface area contributed by atoms with E-state index >= 15 is 0 Å². The molecule has 160 valence electrons. The maximum absolute atomic E-state index is 13.4. The summed E-state index contributed by atoms with van der Waals surface area (Å²) >= 11 is 0. The lowest BCUT2D eigenvalue weighted by Crippen LogP contribution is -2.64. The van der Waals surface area contributed by atoms with Gasteiger partial charge in [-0.1, -0.05) is 12.1 Å². The molecule has 0 saturated carbocycles. The first-order valence-corrected chi connectivity index (χ1v) is 9.74. The molecule has 3 atom stereocenters. The molecular weight excluding hydrogens is 404 g/mol. The summed E-state index contributed by atoms with van der Waals surface area (Å²) in [6.07, 6.45) is 0. The molecule has 2 N–H and O–H groups in total. The van der Waals surface area contributed by atoms with Gasteiger partial charge in [-0.25, -0.2) is 8.78 Å². The summed E-state index contributed by atoms with van der Waals surface area (Å²) < 4.78 is 32.1. The van der Waals surface area contributed by atoms with Crippen molar-refractivity contribution in [1.82, 2.24) is 0 Å². The van der Waals surface area contributed by atoms with Crippen LogP contribution in [0.5, 0.6) is 11.5 Å². The summed E-state index contributed by atoms with van der Waals surface area (Å²) in [7, 11) is 0. The molecule has 1 amide bonds. The van der Waals surface area contributed by atoms with E-state index in [1.54, 1.807) is 12.1 Å². The SMILES string of the molecule is C[C@@](O)(COc1ccc(F)cc1)[C@H]1C(=O)N(c2ccc(F)cc2)[C@@H]1c1ccc(O)cc1. The Morgan fingerprint density at radius 2 is 1.48 bits per heavy atom. The number of hydrogen-bond donors (Lipinski definition) is 2. The van der Waals surface area contributed by atoms with Crippen molar-refractivity contribution < 1.29 is 28.5 Å². The number of phenolic OH excluding ortho intramolecular Hbond substituents is 1. The van der Waals surface area contributed by atoms with Gasteiger partial charge in [0.05, 0.1) is 12.0 Å². The van der Waals surface area contributed by atoms with E-state index in [-0.39, 0.29) is 18.3 Å². The third-order valence-corrected chi connectivity index (χ3v) is 5.45. The molecule has 31 heavy (non-hydrogen) atoms. The fourth-order valence-corrected chi connectivity index (χ4v) is 3.85. The topological polar surface area (TPSA) is 70.0 Å². The Balaban J connectivity index is 1.62. The second-order valence-corrected chi connectivity index (χ2v) is 7.80. The van der Waals surface area contributed by atoms with Gasteiger partial charge in [0.2, 0.25) is 5.91 Å². The summed E-state index contributed by atoms with van der Waals surface area (Å²) in [6.45, 7) is 1.31. The van der Waals surface area contributed by atoms with Crippen LogP contribution in [0.3, 0.4) is 0 Å². The Hall–Kier alpha value is -3.45. The molecule has 3 aromatic carbocycles. The van der Waals surface area contributed by atoms with E-state index < -0.39 is 29.2 Å². The van der Waals surface area contributed by atoms with Crippen LogP contribution in [0.1, 0.15) is 18.5 Å². The van der Waals surface area contributed by atoms with Gasteiger partial charge in [0, 0.05) is 5.69 Å². The second kappa shape index (κ2) is 8.00. The molecule has 1 aliphatic heterocycles. The smallest absolute Gasteiger partial charge is 0.236 e. The van der Waals surface area contributed by atoms with Crippen LogP contribution >= 0.6 is 0 Å². The first-order valence-electron chi connectivity index (χ1n) is 9.74. The van der Waals surface area contributed by atoms with Crippen molar-refractivity contribution in [1.29, 1.82) is 0 Å². The highest BCUT2D eigenvalue weighted by atomic mass is 19.1. The monoisotopic (exact) mass is 425 g/mol. The average Bonchev–Trinajstić information content (AvgIpc) is 2.74. The van der Waals surface area contributed by atoms with E-state index in [0.717, 1.165) is 0 Å². The maximum atomic E-state index is 13.4. The Bertz CT molecular complexity index is 1070. The van der Waals surface area contributed by atoms with Crippen LogP contribution in [0.4, 0.5) is 14.5 Å². The predicted octanol–water partition coefficient (Wildman–Crippen LogP) is 4.20. The summed E-state index contributed by atoms with van der Waals surface area (Å²) in [5.41, 5.74) is -0.352. The summed E-state index contributed by atoms with van der Waals surface area (Å²) in [4.78, 5) is 14.6. The van der Waals surface area contributed by atoms with Gasteiger partial charge in [0.25, 0.3) is 0 Å². The van der Waals surface area contributed by atoms with Gasteiger partial charge in [0.1, 0.15) is 35.3 Å². The summed E-state index contributed by atoms with van der Waals surface area (Å²) in [6, 6.07) is 16.7. The number of ether oxygens (including phenoxy) is 1. The number of phenols is 1. The van der Waals surface area contributed by atoms with Crippen LogP contribution in [0.25, 0.3) is 0 Å². The molecular formula is C24H21F2NO4. The molecule has 1 heterocycles. The number of carbonyl (C=O) groups is 1. The van der Waals surface area contributed by atoms with E-state index in [4.69, 9.17) is 4.74 Å². The Kier molecular flexibility index (Phi) is 5.37. The van der Waals surface area contributed by atoms with Crippen molar-refractivity contribution >= 4 is 11.6 Å². The molecule has 7 heteroatoms. The molecule has 0 bridgehead atoms. The molecule has 4 rings (SSSR count). The molecule has 1 aliphatic rings. The molecule has 0 aliphatic carbocycles. The largest absolute Gasteiger partial charge is 0.508 e. The Labute approximate surface area is 178 Å². The van der Waals surface area contributed by atoms with Crippen LogP contribution in [0.15, 0.2) is 72.8 Å². The first kappa shape index (κ1) is 20.8. The lowest BCUT2D eigenvalue weighted by Gasteiger charge is -2.52. The number of rotatable bonds is 6. The highest BCUT2D eigenvalue weighted by Gasteiger charge is 2.57. The molecule has 3 aromatic rings. The van der Waals surface area contributed by atoms with Crippen molar-refractivity contribution in [3.8, 4) is 11.5 Å². The third-order valence-electron chi connectivity index (χ3n) is 5.45. The molecule has 0 spiro atoms. The van der Waals surface area contributed by atoms with Crippen LogP contribution < -0.4 is 9.64 Å².